The summed E-state index contributed by atoms with van der Waals surface area (Å²) in [6, 6.07) is 10.3. The number of Topliss-reactive ketones (excluding diaryl/α,β-unsaturated/α-hetero) is 1. The van der Waals surface area contributed by atoms with Crippen LogP contribution < -0.4 is 19.7 Å². The van der Waals surface area contributed by atoms with Crippen LogP contribution in [0, 0.1) is 0 Å². The number of amides is 1. The second-order valence-electron chi connectivity index (χ2n) is 7.26. The third kappa shape index (κ3) is 6.37. The monoisotopic (exact) mass is 460 g/mol. The van der Waals surface area contributed by atoms with E-state index in [0.717, 1.165) is 18.8 Å². The van der Waals surface area contributed by atoms with Crippen molar-refractivity contribution in [3.63, 3.8) is 0 Å². The Labute approximate surface area is 193 Å². The topological polar surface area (TPSA) is 77.1 Å². The SMILES string of the molecule is CCOc1cc(N2CCOCC2)c(OCC)cc1NC(=O)CCC(=O)c1ccc(Cl)cc1. The Morgan fingerprint density at radius 3 is 2.31 bits per heavy atom. The minimum absolute atomic E-state index is 0.0577. The van der Waals surface area contributed by atoms with Gasteiger partial charge < -0.3 is 24.4 Å². The molecule has 0 atom stereocenters. The molecule has 172 valence electrons. The minimum Gasteiger partial charge on any atom is -0.492 e. The highest BCUT2D eigenvalue weighted by Crippen LogP contribution is 2.39. The Balaban J connectivity index is 1.73. The molecule has 1 heterocycles. The summed E-state index contributed by atoms with van der Waals surface area (Å²) in [4.78, 5) is 27.2. The van der Waals surface area contributed by atoms with Crippen molar-refractivity contribution in [2.45, 2.75) is 26.7 Å². The van der Waals surface area contributed by atoms with Gasteiger partial charge >= 0.3 is 0 Å². The first kappa shape index (κ1) is 23.9. The lowest BCUT2D eigenvalue weighted by atomic mass is 10.1. The molecule has 3 rings (SSSR count). The summed E-state index contributed by atoms with van der Waals surface area (Å²) < 4.78 is 17.1. The Kier molecular flexibility index (Phi) is 8.76. The zero-order valence-corrected chi connectivity index (χ0v) is 19.2. The summed E-state index contributed by atoms with van der Waals surface area (Å²) in [6.07, 6.45) is 0.157. The molecule has 2 aromatic carbocycles. The van der Waals surface area contributed by atoms with E-state index < -0.39 is 0 Å². The lowest BCUT2D eigenvalue weighted by molar-refractivity contribution is -0.116. The van der Waals surface area contributed by atoms with Gasteiger partial charge in [-0.25, -0.2) is 0 Å². The molecule has 7 nitrogen and oxygen atoms in total. The highest BCUT2D eigenvalue weighted by molar-refractivity contribution is 6.30. The van der Waals surface area contributed by atoms with Gasteiger partial charge in [-0.3, -0.25) is 9.59 Å². The Hall–Kier alpha value is -2.77. The molecule has 0 bridgehead atoms. The number of ketones is 1. The van der Waals surface area contributed by atoms with E-state index in [9.17, 15) is 9.59 Å². The average Bonchev–Trinajstić information content (AvgIpc) is 2.80. The number of nitrogens with zero attached hydrogens (tertiary/aromatic N) is 1. The molecule has 1 aliphatic rings. The molecular formula is C24H29ClN2O5. The summed E-state index contributed by atoms with van der Waals surface area (Å²) in [5.41, 5.74) is 1.97. The standard InChI is InChI=1S/C24H29ClN2O5/c1-3-31-22-16-20(27-11-13-30-14-12-27)23(32-4-2)15-19(22)26-24(29)10-9-21(28)17-5-7-18(25)8-6-17/h5-8,15-16H,3-4,9-14H2,1-2H3,(H,26,29). The zero-order chi connectivity index (χ0) is 22.9. The van der Waals surface area contributed by atoms with Gasteiger partial charge in [-0.1, -0.05) is 11.6 Å². The largest absolute Gasteiger partial charge is 0.492 e. The molecule has 0 radical (unpaired) electrons. The second kappa shape index (κ2) is 11.7. The first-order valence-corrected chi connectivity index (χ1v) is 11.2. The van der Waals surface area contributed by atoms with Crippen molar-refractivity contribution in [3.05, 3.63) is 47.0 Å². The molecule has 1 aliphatic heterocycles. The summed E-state index contributed by atoms with van der Waals surface area (Å²) >= 11 is 5.86. The number of morpholine rings is 1. The van der Waals surface area contributed by atoms with Crippen molar-refractivity contribution in [1.82, 2.24) is 0 Å². The molecule has 0 spiro atoms. The maximum atomic E-state index is 12.6. The first-order valence-electron chi connectivity index (χ1n) is 10.9. The van der Waals surface area contributed by atoms with Crippen LogP contribution in [0.15, 0.2) is 36.4 Å². The molecule has 1 fully saturated rings. The van der Waals surface area contributed by atoms with E-state index in [0.29, 0.717) is 54.2 Å². The van der Waals surface area contributed by atoms with Gasteiger partial charge in [0.15, 0.2) is 5.78 Å². The van der Waals surface area contributed by atoms with E-state index in [1.54, 1.807) is 30.3 Å². The molecule has 0 aliphatic carbocycles. The third-order valence-corrected chi connectivity index (χ3v) is 5.28. The number of halogens is 1. The highest BCUT2D eigenvalue weighted by Gasteiger charge is 2.20. The number of benzene rings is 2. The number of hydrogen-bond donors (Lipinski definition) is 1. The molecule has 0 aromatic heterocycles. The van der Waals surface area contributed by atoms with Crippen molar-refractivity contribution < 1.29 is 23.8 Å². The van der Waals surface area contributed by atoms with Gasteiger partial charge in [0.05, 0.1) is 37.8 Å². The van der Waals surface area contributed by atoms with Gasteiger partial charge in [-0.2, -0.15) is 0 Å². The van der Waals surface area contributed by atoms with Gasteiger partial charge in [0.25, 0.3) is 0 Å². The molecule has 2 aromatic rings. The van der Waals surface area contributed by atoms with E-state index in [-0.39, 0.29) is 24.5 Å². The Bertz CT molecular complexity index is 927. The molecule has 0 unspecified atom stereocenters. The van der Waals surface area contributed by atoms with Crippen LogP contribution in [0.5, 0.6) is 11.5 Å². The van der Waals surface area contributed by atoms with Crippen LogP contribution in [0.1, 0.15) is 37.0 Å². The van der Waals surface area contributed by atoms with Crippen molar-refractivity contribution in [3.8, 4) is 11.5 Å². The van der Waals surface area contributed by atoms with Crippen LogP contribution in [0.4, 0.5) is 11.4 Å². The minimum atomic E-state index is -0.269. The van der Waals surface area contributed by atoms with Crippen LogP contribution in [0.25, 0.3) is 0 Å². The highest BCUT2D eigenvalue weighted by atomic mass is 35.5. The van der Waals surface area contributed by atoms with E-state index >= 15 is 0 Å². The molecule has 32 heavy (non-hydrogen) atoms. The number of ether oxygens (including phenoxy) is 3. The lowest BCUT2D eigenvalue weighted by Gasteiger charge is -2.31. The maximum absolute atomic E-state index is 12.6. The van der Waals surface area contributed by atoms with Crippen molar-refractivity contribution in [2.75, 3.05) is 49.7 Å². The number of carbonyl (C=O) groups is 2. The van der Waals surface area contributed by atoms with Gasteiger partial charge in [0.2, 0.25) is 5.91 Å². The van der Waals surface area contributed by atoms with E-state index in [2.05, 4.69) is 10.2 Å². The predicted octanol–water partition coefficient (Wildman–Crippen LogP) is 4.58. The quantitative estimate of drug-likeness (QED) is 0.523. The van der Waals surface area contributed by atoms with Crippen LogP contribution in [-0.4, -0.2) is 51.2 Å². The first-order chi connectivity index (χ1) is 15.5. The molecule has 8 heteroatoms. The van der Waals surface area contributed by atoms with Gasteiger partial charge in [0.1, 0.15) is 11.5 Å². The van der Waals surface area contributed by atoms with Crippen molar-refractivity contribution in [1.29, 1.82) is 0 Å². The summed E-state index contributed by atoms with van der Waals surface area (Å²) in [7, 11) is 0. The third-order valence-electron chi connectivity index (χ3n) is 5.03. The number of carbonyl (C=O) groups excluding carboxylic acids is 2. The maximum Gasteiger partial charge on any atom is 0.224 e. The van der Waals surface area contributed by atoms with Crippen molar-refractivity contribution in [2.24, 2.45) is 0 Å². The molecule has 1 N–H and O–H groups in total. The molecule has 1 saturated heterocycles. The number of rotatable bonds is 10. The lowest BCUT2D eigenvalue weighted by Crippen LogP contribution is -2.36. The fourth-order valence-electron chi connectivity index (χ4n) is 3.46. The Morgan fingerprint density at radius 2 is 1.66 bits per heavy atom. The van der Waals surface area contributed by atoms with Crippen LogP contribution >= 0.6 is 11.6 Å². The average molecular weight is 461 g/mol. The summed E-state index contributed by atoms with van der Waals surface area (Å²) in [5.74, 6) is 0.856. The van der Waals surface area contributed by atoms with Crippen LogP contribution in [-0.2, 0) is 9.53 Å². The molecular weight excluding hydrogens is 432 g/mol. The zero-order valence-electron chi connectivity index (χ0n) is 18.5. The fraction of sp³-hybridized carbons (Fsp3) is 0.417. The van der Waals surface area contributed by atoms with Crippen molar-refractivity contribution >= 4 is 34.7 Å². The van der Waals surface area contributed by atoms with Gasteiger partial charge in [-0.05, 0) is 38.1 Å². The normalized spacial score (nSPS) is 13.5. The number of nitrogens with one attached hydrogen (secondary N) is 1. The van der Waals surface area contributed by atoms with E-state index in [1.807, 2.05) is 19.9 Å². The van der Waals surface area contributed by atoms with Gasteiger partial charge in [0, 0.05) is 48.6 Å². The van der Waals surface area contributed by atoms with Gasteiger partial charge in [-0.15, -0.1) is 0 Å². The summed E-state index contributed by atoms with van der Waals surface area (Å²) in [6.45, 7) is 7.56. The van der Waals surface area contributed by atoms with Crippen LogP contribution in [0.2, 0.25) is 5.02 Å². The molecule has 0 saturated carbocycles. The van der Waals surface area contributed by atoms with E-state index in [4.69, 9.17) is 25.8 Å². The Morgan fingerprint density at radius 1 is 1.00 bits per heavy atom. The smallest absolute Gasteiger partial charge is 0.224 e. The van der Waals surface area contributed by atoms with Crippen LogP contribution in [0.3, 0.4) is 0 Å². The van der Waals surface area contributed by atoms with E-state index in [1.165, 1.54) is 0 Å². The number of anilines is 2. The fourth-order valence-corrected chi connectivity index (χ4v) is 3.59. The summed E-state index contributed by atoms with van der Waals surface area (Å²) in [5, 5.41) is 3.44. The number of hydrogen-bond acceptors (Lipinski definition) is 6. The second-order valence-corrected chi connectivity index (χ2v) is 7.70. The predicted molar refractivity (Wildman–Crippen MR) is 125 cm³/mol. The molecule has 1 amide bonds.